The van der Waals surface area contributed by atoms with Crippen molar-refractivity contribution in [3.63, 3.8) is 0 Å². The van der Waals surface area contributed by atoms with Crippen molar-refractivity contribution in [3.05, 3.63) is 29.5 Å². The van der Waals surface area contributed by atoms with Crippen molar-refractivity contribution in [2.45, 2.75) is 82.7 Å². The van der Waals surface area contributed by atoms with Gasteiger partial charge in [0, 0.05) is 30.8 Å². The Bertz CT molecular complexity index is 1420. The number of carbonyl (C=O) groups excluding carboxylic acids is 2. The maximum Gasteiger partial charge on any atom is 0.427 e. The second kappa shape index (κ2) is 11.3. The van der Waals surface area contributed by atoms with Crippen LogP contribution in [0.25, 0.3) is 0 Å². The Balaban J connectivity index is 1.68. The summed E-state index contributed by atoms with van der Waals surface area (Å²) in [5.74, 6) is 0.198. The molecule has 1 saturated carbocycles. The SMILES string of the molecule is CCC(=O)C(CC1CN(S(=O)(=O)c2cn(CC)nc2Cl)c2cc(NC(=O)OC(C)(C)C(F)(F)F)ccc2O1)C1CC1. The Morgan fingerprint density at radius 1 is 1.24 bits per heavy atom. The number of amides is 1. The highest BCUT2D eigenvalue weighted by atomic mass is 35.5. The fourth-order valence-corrected chi connectivity index (χ4v) is 6.59. The van der Waals surface area contributed by atoms with Crippen molar-refractivity contribution in [1.29, 1.82) is 0 Å². The van der Waals surface area contributed by atoms with Crippen molar-refractivity contribution >= 4 is 44.9 Å². The van der Waals surface area contributed by atoms with Gasteiger partial charge >= 0.3 is 12.3 Å². The zero-order valence-electron chi connectivity index (χ0n) is 23.0. The molecule has 2 aliphatic rings. The first kappa shape index (κ1) is 30.9. The van der Waals surface area contributed by atoms with Crippen LogP contribution in [0.3, 0.4) is 0 Å². The van der Waals surface area contributed by atoms with Gasteiger partial charge < -0.3 is 9.47 Å². The van der Waals surface area contributed by atoms with Crippen LogP contribution in [0.4, 0.5) is 29.3 Å². The first-order valence-electron chi connectivity index (χ1n) is 13.2. The highest BCUT2D eigenvalue weighted by Gasteiger charge is 2.51. The van der Waals surface area contributed by atoms with Gasteiger partial charge in [0.05, 0.1) is 12.2 Å². The van der Waals surface area contributed by atoms with Crippen molar-refractivity contribution in [2.75, 3.05) is 16.2 Å². The standard InChI is InChI=1S/C26H32ClF3N4O6S/c1-5-20(35)18(15-7-8-15)12-17-13-34(41(37,38)22-14-33(6-2)32-23(22)27)19-11-16(9-10-21(19)39-17)31-24(36)40-25(3,4)26(28,29)30/h9-11,14-15,17-18H,5-8,12-13H2,1-4H3,(H,31,36). The van der Waals surface area contributed by atoms with Gasteiger partial charge in [0.15, 0.2) is 5.15 Å². The van der Waals surface area contributed by atoms with E-state index in [9.17, 15) is 31.2 Å². The molecule has 2 heterocycles. The van der Waals surface area contributed by atoms with E-state index in [1.807, 2.05) is 0 Å². The van der Waals surface area contributed by atoms with Crippen LogP contribution in [-0.4, -0.2) is 54.5 Å². The number of ketones is 1. The van der Waals surface area contributed by atoms with E-state index in [2.05, 4.69) is 15.2 Å². The first-order chi connectivity index (χ1) is 19.1. The quantitative estimate of drug-likeness (QED) is 0.357. The van der Waals surface area contributed by atoms with E-state index in [0.29, 0.717) is 33.2 Å². The topological polar surface area (TPSA) is 120 Å². The molecule has 226 valence electrons. The summed E-state index contributed by atoms with van der Waals surface area (Å²) in [4.78, 5) is 24.7. The Morgan fingerprint density at radius 2 is 1.93 bits per heavy atom. The molecule has 41 heavy (non-hydrogen) atoms. The minimum absolute atomic E-state index is 0.0265. The summed E-state index contributed by atoms with van der Waals surface area (Å²) in [6.07, 6.45) is -3.06. The van der Waals surface area contributed by atoms with Crippen LogP contribution < -0.4 is 14.4 Å². The van der Waals surface area contributed by atoms with Crippen molar-refractivity contribution in [2.24, 2.45) is 11.8 Å². The number of nitrogens with one attached hydrogen (secondary N) is 1. The second-order valence-electron chi connectivity index (χ2n) is 10.6. The molecule has 10 nitrogen and oxygen atoms in total. The van der Waals surface area contributed by atoms with E-state index in [1.165, 1.54) is 29.1 Å². The van der Waals surface area contributed by atoms with Crippen LogP contribution >= 0.6 is 11.6 Å². The number of fused-ring (bicyclic) bond motifs is 1. The fraction of sp³-hybridized carbons (Fsp3) is 0.577. The highest BCUT2D eigenvalue weighted by molar-refractivity contribution is 7.93. The number of benzene rings is 1. The summed E-state index contributed by atoms with van der Waals surface area (Å²) in [6.45, 7) is 5.16. The van der Waals surface area contributed by atoms with E-state index in [1.54, 1.807) is 13.8 Å². The largest absolute Gasteiger partial charge is 0.486 e. The van der Waals surface area contributed by atoms with Gasteiger partial charge in [-0.2, -0.15) is 18.3 Å². The fourth-order valence-electron chi connectivity index (χ4n) is 4.64. The number of alkyl halides is 3. The summed E-state index contributed by atoms with van der Waals surface area (Å²) in [5, 5.41) is 6.01. The van der Waals surface area contributed by atoms with E-state index < -0.39 is 34.0 Å². The molecular weight excluding hydrogens is 589 g/mol. The molecule has 2 atom stereocenters. The van der Waals surface area contributed by atoms with Crippen molar-refractivity contribution in [3.8, 4) is 5.75 Å². The summed E-state index contributed by atoms with van der Waals surface area (Å²) < 4.78 is 80.5. The minimum atomic E-state index is -4.81. The molecule has 0 spiro atoms. The number of carbonyl (C=O) groups is 2. The van der Waals surface area contributed by atoms with Crippen LogP contribution in [0.1, 0.15) is 53.4 Å². The molecule has 0 bridgehead atoms. The average molecular weight is 621 g/mol. The summed E-state index contributed by atoms with van der Waals surface area (Å²) in [7, 11) is -4.33. The Labute approximate surface area is 241 Å². The minimum Gasteiger partial charge on any atom is -0.486 e. The third-order valence-corrected chi connectivity index (χ3v) is 9.39. The molecule has 1 aliphatic carbocycles. The molecule has 2 aromatic rings. The molecule has 1 aliphatic heterocycles. The molecule has 1 aromatic carbocycles. The third kappa shape index (κ3) is 6.58. The molecule has 1 N–H and O–H groups in total. The number of anilines is 2. The van der Waals surface area contributed by atoms with Crippen LogP contribution in [0.15, 0.2) is 29.3 Å². The predicted octanol–water partition coefficient (Wildman–Crippen LogP) is 5.80. The number of sulfonamides is 1. The maximum absolute atomic E-state index is 13.9. The van der Waals surface area contributed by atoms with Crippen LogP contribution in [0.5, 0.6) is 5.75 Å². The second-order valence-corrected chi connectivity index (χ2v) is 12.8. The van der Waals surface area contributed by atoms with Crippen LogP contribution in [0, 0.1) is 11.8 Å². The molecule has 2 unspecified atom stereocenters. The smallest absolute Gasteiger partial charge is 0.427 e. The van der Waals surface area contributed by atoms with Crippen molar-refractivity contribution < 1.29 is 40.7 Å². The zero-order valence-corrected chi connectivity index (χ0v) is 24.6. The number of rotatable bonds is 10. The van der Waals surface area contributed by atoms with E-state index in [0.717, 1.165) is 17.1 Å². The van der Waals surface area contributed by atoms with E-state index in [-0.39, 0.29) is 51.3 Å². The Hall–Kier alpha value is -3.00. The normalized spacial score (nSPS) is 18.3. The number of nitrogens with zero attached hydrogens (tertiary/aromatic N) is 3. The number of aryl methyl sites for hydroxylation is 1. The van der Waals surface area contributed by atoms with Gasteiger partial charge in [-0.1, -0.05) is 18.5 Å². The van der Waals surface area contributed by atoms with Gasteiger partial charge in [0.25, 0.3) is 10.0 Å². The monoisotopic (exact) mass is 620 g/mol. The first-order valence-corrected chi connectivity index (χ1v) is 15.0. The molecule has 1 aromatic heterocycles. The lowest BCUT2D eigenvalue weighted by molar-refractivity contribution is -0.242. The maximum atomic E-state index is 13.9. The Morgan fingerprint density at radius 3 is 2.49 bits per heavy atom. The molecule has 15 heteroatoms. The van der Waals surface area contributed by atoms with Gasteiger partial charge in [0.2, 0.25) is 5.60 Å². The number of aromatic nitrogens is 2. The molecule has 4 rings (SSSR count). The number of hydrogen-bond donors (Lipinski definition) is 1. The lowest BCUT2D eigenvalue weighted by Crippen LogP contribution is -2.45. The van der Waals surface area contributed by atoms with Gasteiger partial charge in [-0.15, -0.1) is 0 Å². The van der Waals surface area contributed by atoms with Crippen molar-refractivity contribution in [1.82, 2.24) is 9.78 Å². The number of ether oxygens (including phenoxy) is 2. The lowest BCUT2D eigenvalue weighted by atomic mass is 9.90. The molecule has 1 amide bonds. The van der Waals surface area contributed by atoms with Gasteiger partial charge in [0.1, 0.15) is 22.5 Å². The third-order valence-electron chi connectivity index (χ3n) is 7.22. The summed E-state index contributed by atoms with van der Waals surface area (Å²) in [5.41, 5.74) is -2.76. The predicted molar refractivity (Wildman–Crippen MR) is 145 cm³/mol. The zero-order chi connectivity index (χ0) is 30.3. The van der Waals surface area contributed by atoms with E-state index >= 15 is 0 Å². The molecule has 0 saturated heterocycles. The molecule has 1 fully saturated rings. The van der Waals surface area contributed by atoms with Crippen LogP contribution in [0.2, 0.25) is 5.15 Å². The lowest BCUT2D eigenvalue weighted by Gasteiger charge is -2.36. The van der Waals surface area contributed by atoms with Crippen LogP contribution in [-0.2, 0) is 26.1 Å². The van der Waals surface area contributed by atoms with Gasteiger partial charge in [-0.25, -0.2) is 13.2 Å². The molecule has 0 radical (unpaired) electrons. The summed E-state index contributed by atoms with van der Waals surface area (Å²) >= 11 is 6.20. The Kier molecular flexibility index (Phi) is 8.57. The summed E-state index contributed by atoms with van der Waals surface area (Å²) in [6, 6.07) is 4.02. The molecular formula is C26H32ClF3N4O6S. The van der Waals surface area contributed by atoms with E-state index in [4.69, 9.17) is 16.3 Å². The average Bonchev–Trinajstić information content (AvgIpc) is 3.65. The van der Waals surface area contributed by atoms with Gasteiger partial charge in [-0.05, 0) is 64.2 Å². The number of Topliss-reactive ketones (excluding diaryl/α,β-unsaturated/α-hetero) is 1. The number of halogens is 4. The number of hydrogen-bond acceptors (Lipinski definition) is 7. The highest BCUT2D eigenvalue weighted by Crippen LogP contribution is 2.44. The van der Waals surface area contributed by atoms with Gasteiger partial charge in [-0.3, -0.25) is 19.1 Å².